The highest BCUT2D eigenvalue weighted by molar-refractivity contribution is 5.75. The van der Waals surface area contributed by atoms with Crippen LogP contribution in [0.25, 0.3) is 0 Å². The van der Waals surface area contributed by atoms with Crippen molar-refractivity contribution >= 4 is 5.91 Å². The van der Waals surface area contributed by atoms with E-state index in [1.807, 2.05) is 0 Å². The van der Waals surface area contributed by atoms with Gasteiger partial charge in [0, 0.05) is 19.6 Å². The molecule has 0 aliphatic heterocycles. The third kappa shape index (κ3) is 10.3. The number of hydrogen-bond donors (Lipinski definition) is 2. The first-order valence-electron chi connectivity index (χ1n) is 6.81. The molecule has 0 radical (unpaired) electrons. The van der Waals surface area contributed by atoms with E-state index < -0.39 is 0 Å². The lowest BCUT2D eigenvalue weighted by molar-refractivity contribution is -0.121. The molecule has 4 heteroatoms. The summed E-state index contributed by atoms with van der Waals surface area (Å²) in [6, 6.07) is 0. The standard InChI is InChI=1S/C13H28N2O2/c1-3-5-8-12(7-4-2)11-17-10-6-9-13(16)15-14/h12H,3-11,14H2,1-2H3,(H,15,16). The molecule has 0 spiro atoms. The molecule has 17 heavy (non-hydrogen) atoms. The van der Waals surface area contributed by atoms with Crippen LogP contribution in [0.4, 0.5) is 0 Å². The second-order valence-electron chi connectivity index (χ2n) is 4.54. The predicted octanol–water partition coefficient (Wildman–Crippen LogP) is 2.38. The van der Waals surface area contributed by atoms with Gasteiger partial charge >= 0.3 is 0 Å². The van der Waals surface area contributed by atoms with Gasteiger partial charge in [0.05, 0.1) is 0 Å². The minimum atomic E-state index is -0.121. The number of hydrogen-bond acceptors (Lipinski definition) is 3. The Balaban J connectivity index is 3.49. The first-order chi connectivity index (χ1) is 8.24. The maximum absolute atomic E-state index is 10.9. The molecular formula is C13H28N2O2. The summed E-state index contributed by atoms with van der Waals surface area (Å²) in [5, 5.41) is 0. The molecule has 0 bridgehead atoms. The lowest BCUT2D eigenvalue weighted by Gasteiger charge is -2.15. The van der Waals surface area contributed by atoms with E-state index >= 15 is 0 Å². The van der Waals surface area contributed by atoms with Gasteiger partial charge in [-0.1, -0.05) is 33.1 Å². The van der Waals surface area contributed by atoms with Crippen LogP contribution < -0.4 is 11.3 Å². The Hall–Kier alpha value is -0.610. The van der Waals surface area contributed by atoms with E-state index in [-0.39, 0.29) is 5.91 Å². The topological polar surface area (TPSA) is 64.3 Å². The van der Waals surface area contributed by atoms with E-state index in [0.717, 1.165) is 13.0 Å². The summed E-state index contributed by atoms with van der Waals surface area (Å²) in [6.45, 7) is 5.91. The Morgan fingerprint density at radius 2 is 2.00 bits per heavy atom. The number of carbonyl (C=O) groups excluding carboxylic acids is 1. The average molecular weight is 244 g/mol. The van der Waals surface area contributed by atoms with Crippen molar-refractivity contribution in [1.29, 1.82) is 0 Å². The van der Waals surface area contributed by atoms with Gasteiger partial charge in [-0.05, 0) is 25.2 Å². The molecule has 0 aromatic heterocycles. The normalized spacial score (nSPS) is 12.4. The van der Waals surface area contributed by atoms with Crippen molar-refractivity contribution in [2.24, 2.45) is 11.8 Å². The third-order valence-electron chi connectivity index (χ3n) is 2.87. The molecule has 0 aromatic carbocycles. The Labute approximate surface area is 105 Å². The number of rotatable bonds is 11. The Morgan fingerprint density at radius 3 is 2.59 bits per heavy atom. The van der Waals surface area contributed by atoms with Crippen LogP contribution in [0.5, 0.6) is 0 Å². The van der Waals surface area contributed by atoms with Crippen molar-refractivity contribution in [3.8, 4) is 0 Å². The number of carbonyl (C=O) groups is 1. The summed E-state index contributed by atoms with van der Waals surface area (Å²) in [5.74, 6) is 5.55. The zero-order valence-corrected chi connectivity index (χ0v) is 11.3. The molecule has 1 unspecified atom stereocenters. The molecule has 0 aliphatic carbocycles. The van der Waals surface area contributed by atoms with Gasteiger partial charge in [-0.25, -0.2) is 5.84 Å². The van der Waals surface area contributed by atoms with Crippen LogP contribution in [0.15, 0.2) is 0 Å². The number of amides is 1. The van der Waals surface area contributed by atoms with Crippen molar-refractivity contribution in [3.05, 3.63) is 0 Å². The summed E-state index contributed by atoms with van der Waals surface area (Å²) in [6.07, 6.45) is 7.43. The van der Waals surface area contributed by atoms with Crippen LogP contribution in [0, 0.1) is 5.92 Å². The summed E-state index contributed by atoms with van der Waals surface area (Å²) in [4.78, 5) is 10.9. The third-order valence-corrected chi connectivity index (χ3v) is 2.87. The lowest BCUT2D eigenvalue weighted by atomic mass is 9.98. The van der Waals surface area contributed by atoms with E-state index in [1.54, 1.807) is 0 Å². The molecule has 0 heterocycles. The molecule has 0 saturated heterocycles. The van der Waals surface area contributed by atoms with Crippen molar-refractivity contribution in [2.45, 2.75) is 58.8 Å². The molecule has 0 rings (SSSR count). The molecule has 0 aliphatic rings. The second kappa shape index (κ2) is 11.9. The van der Waals surface area contributed by atoms with E-state index in [0.29, 0.717) is 18.9 Å². The van der Waals surface area contributed by atoms with Gasteiger partial charge < -0.3 is 4.74 Å². The molecule has 1 amide bonds. The smallest absolute Gasteiger partial charge is 0.233 e. The van der Waals surface area contributed by atoms with Gasteiger partial charge in [-0.3, -0.25) is 10.2 Å². The van der Waals surface area contributed by atoms with Crippen LogP contribution in [-0.2, 0) is 9.53 Å². The summed E-state index contributed by atoms with van der Waals surface area (Å²) < 4.78 is 5.62. The maximum Gasteiger partial charge on any atom is 0.233 e. The molecule has 0 aromatic rings. The molecule has 4 nitrogen and oxygen atoms in total. The minimum Gasteiger partial charge on any atom is -0.381 e. The summed E-state index contributed by atoms with van der Waals surface area (Å²) in [7, 11) is 0. The lowest BCUT2D eigenvalue weighted by Crippen LogP contribution is -2.29. The van der Waals surface area contributed by atoms with Gasteiger partial charge in [-0.2, -0.15) is 0 Å². The highest BCUT2D eigenvalue weighted by atomic mass is 16.5. The fourth-order valence-corrected chi connectivity index (χ4v) is 1.87. The van der Waals surface area contributed by atoms with Crippen LogP contribution >= 0.6 is 0 Å². The molecular weight excluding hydrogens is 216 g/mol. The molecule has 0 saturated carbocycles. The zero-order chi connectivity index (χ0) is 12.9. The van der Waals surface area contributed by atoms with Crippen molar-refractivity contribution in [3.63, 3.8) is 0 Å². The van der Waals surface area contributed by atoms with Crippen molar-refractivity contribution < 1.29 is 9.53 Å². The average Bonchev–Trinajstić information content (AvgIpc) is 2.34. The van der Waals surface area contributed by atoms with Crippen molar-refractivity contribution in [1.82, 2.24) is 5.43 Å². The first kappa shape index (κ1) is 16.4. The number of nitrogens with one attached hydrogen (secondary N) is 1. The minimum absolute atomic E-state index is 0.121. The quantitative estimate of drug-likeness (QED) is 0.254. The molecule has 3 N–H and O–H groups in total. The van der Waals surface area contributed by atoms with E-state index in [2.05, 4.69) is 19.3 Å². The van der Waals surface area contributed by atoms with Crippen LogP contribution in [-0.4, -0.2) is 19.1 Å². The van der Waals surface area contributed by atoms with E-state index in [1.165, 1.54) is 32.1 Å². The maximum atomic E-state index is 10.9. The Kier molecular flexibility index (Phi) is 11.4. The van der Waals surface area contributed by atoms with Crippen molar-refractivity contribution in [2.75, 3.05) is 13.2 Å². The van der Waals surface area contributed by atoms with E-state index in [4.69, 9.17) is 10.6 Å². The monoisotopic (exact) mass is 244 g/mol. The highest BCUT2D eigenvalue weighted by Gasteiger charge is 2.07. The van der Waals surface area contributed by atoms with Gasteiger partial charge in [-0.15, -0.1) is 0 Å². The fourth-order valence-electron chi connectivity index (χ4n) is 1.87. The fraction of sp³-hybridized carbons (Fsp3) is 0.923. The predicted molar refractivity (Wildman–Crippen MR) is 70.3 cm³/mol. The SMILES string of the molecule is CCCCC(CCC)COCCCC(=O)NN. The number of ether oxygens (including phenoxy) is 1. The number of hydrazine groups is 1. The highest BCUT2D eigenvalue weighted by Crippen LogP contribution is 2.15. The van der Waals surface area contributed by atoms with Gasteiger partial charge in [0.2, 0.25) is 5.91 Å². The summed E-state index contributed by atoms with van der Waals surface area (Å²) in [5.41, 5.74) is 2.12. The van der Waals surface area contributed by atoms with Crippen LogP contribution in [0.2, 0.25) is 0 Å². The molecule has 102 valence electrons. The van der Waals surface area contributed by atoms with Gasteiger partial charge in [0.15, 0.2) is 0 Å². The number of nitrogens with two attached hydrogens (primary N) is 1. The summed E-state index contributed by atoms with van der Waals surface area (Å²) >= 11 is 0. The van der Waals surface area contributed by atoms with Crippen LogP contribution in [0.3, 0.4) is 0 Å². The Bertz CT molecular complexity index is 186. The number of unbranched alkanes of at least 4 members (excludes halogenated alkanes) is 1. The van der Waals surface area contributed by atoms with Gasteiger partial charge in [0.25, 0.3) is 0 Å². The largest absolute Gasteiger partial charge is 0.381 e. The second-order valence-corrected chi connectivity index (χ2v) is 4.54. The zero-order valence-electron chi connectivity index (χ0n) is 11.3. The molecule has 1 atom stereocenters. The Morgan fingerprint density at radius 1 is 1.24 bits per heavy atom. The van der Waals surface area contributed by atoms with Crippen LogP contribution in [0.1, 0.15) is 58.8 Å². The van der Waals surface area contributed by atoms with E-state index in [9.17, 15) is 4.79 Å². The first-order valence-corrected chi connectivity index (χ1v) is 6.81. The molecule has 0 fully saturated rings. The van der Waals surface area contributed by atoms with Gasteiger partial charge in [0.1, 0.15) is 0 Å².